The Hall–Kier alpha value is -4.60. The van der Waals surface area contributed by atoms with Crippen LogP contribution in [-0.4, -0.2) is 73.5 Å². The van der Waals surface area contributed by atoms with E-state index in [0.29, 0.717) is 41.2 Å². The summed E-state index contributed by atoms with van der Waals surface area (Å²) in [6.07, 6.45) is 13.5. The molecule has 4 bridgehead atoms. The molecule has 2 aromatic rings. The molecule has 12 heteroatoms. The van der Waals surface area contributed by atoms with Crippen LogP contribution in [0.5, 0.6) is 11.5 Å². The predicted molar refractivity (Wildman–Crippen MR) is 235 cm³/mol. The van der Waals surface area contributed by atoms with Gasteiger partial charge in [0.25, 0.3) is 0 Å². The third kappa shape index (κ3) is 15.8. The lowest BCUT2D eigenvalue weighted by Gasteiger charge is -2.32. The summed E-state index contributed by atoms with van der Waals surface area (Å²) in [7, 11) is 1.56. The number of nitrogens with one attached hydrogen (secondary N) is 1. The normalized spacial score (nSPS) is 17.2. The number of unbranched alkanes of at least 4 members (excludes halogenated alkanes) is 10. The van der Waals surface area contributed by atoms with Crippen LogP contribution in [-0.2, 0) is 30.4 Å². The van der Waals surface area contributed by atoms with Gasteiger partial charge in [0.1, 0.15) is 29.9 Å². The van der Waals surface area contributed by atoms with Crippen LogP contribution in [0.3, 0.4) is 0 Å². The van der Waals surface area contributed by atoms with Crippen molar-refractivity contribution >= 4 is 29.2 Å². The second kappa shape index (κ2) is 27.3. The number of benzene rings is 2. The van der Waals surface area contributed by atoms with Crippen molar-refractivity contribution in [2.24, 2.45) is 23.3 Å². The Kier molecular flexibility index (Phi) is 22.6. The highest BCUT2D eigenvalue weighted by atomic mass is 16.5. The summed E-state index contributed by atoms with van der Waals surface area (Å²) in [5, 5.41) is 12.1. The Labute approximate surface area is 358 Å². The molecule has 1 aliphatic rings. The van der Waals surface area contributed by atoms with Crippen LogP contribution in [0.15, 0.2) is 36.4 Å². The van der Waals surface area contributed by atoms with Gasteiger partial charge in [-0.3, -0.25) is 24.0 Å². The van der Waals surface area contributed by atoms with Crippen LogP contribution < -0.4 is 26.3 Å². The smallest absolute Gasteiger partial charge is 0.226 e. The van der Waals surface area contributed by atoms with Gasteiger partial charge in [-0.1, -0.05) is 90.2 Å². The molecule has 0 radical (unpaired) electrons. The fraction of sp³-hybridized carbons (Fsp3) is 0.625. The van der Waals surface area contributed by atoms with Gasteiger partial charge in [-0.15, -0.1) is 0 Å². The first-order valence-corrected chi connectivity index (χ1v) is 22.4. The topological polar surface area (TPSA) is 195 Å². The second-order valence-electron chi connectivity index (χ2n) is 16.3. The standard InChI is InChI=1S/C48H71N5O7/c1-5-7-8-9-10-11-12-13-14-15-16-18-38(54)32-37(24-26-50)48(58)53(4)46-36-21-23-45(60-28-27-51)40(33-36)39-30-35(20-22-44(39)59-6-2)31-41(42(55)19-17-25-49)52-47(57)34(3)29-43(46)56/h20-23,30,33-34,37,41,46H,5-19,24,26-29,31-32,50-51H2,1-4H3,(H,52,57)/t34-,37-,41+,46+/m1/s1. The molecule has 5 N–H and O–H groups in total. The molecule has 0 aromatic heterocycles. The van der Waals surface area contributed by atoms with Gasteiger partial charge in [0, 0.05) is 68.7 Å². The SMILES string of the molecule is CCCCCCCCCCCCCC(=O)C[C@@H](CCN)C(=O)N(C)[C@@H]1C(=O)C[C@@H](C)C(=O)N[C@H](C(=O)CCC#N)Cc2ccc(OCC)c(c2)-c2cc1ccc2OCCN. The van der Waals surface area contributed by atoms with Crippen molar-refractivity contribution in [3.63, 3.8) is 0 Å². The minimum Gasteiger partial charge on any atom is -0.493 e. The number of ether oxygens (including phenoxy) is 2. The monoisotopic (exact) mass is 830 g/mol. The summed E-state index contributed by atoms with van der Waals surface area (Å²) in [5.74, 6) is -2.14. The summed E-state index contributed by atoms with van der Waals surface area (Å²) < 4.78 is 12.2. The molecule has 3 rings (SSSR count). The van der Waals surface area contributed by atoms with E-state index in [2.05, 4.69) is 12.2 Å². The predicted octanol–water partition coefficient (Wildman–Crippen LogP) is 7.72. The molecular weight excluding hydrogens is 759 g/mol. The molecule has 0 saturated heterocycles. The molecule has 0 spiro atoms. The van der Waals surface area contributed by atoms with E-state index < -0.39 is 35.6 Å². The zero-order chi connectivity index (χ0) is 43.9. The minimum absolute atomic E-state index is 0.000325. The highest BCUT2D eigenvalue weighted by Crippen LogP contribution is 2.41. The number of amides is 2. The summed E-state index contributed by atoms with van der Waals surface area (Å²) in [5.41, 5.74) is 14.3. The molecule has 0 unspecified atom stereocenters. The fourth-order valence-electron chi connectivity index (χ4n) is 7.99. The lowest BCUT2D eigenvalue weighted by molar-refractivity contribution is -0.143. The van der Waals surface area contributed by atoms with E-state index in [1.807, 2.05) is 25.1 Å². The van der Waals surface area contributed by atoms with E-state index in [-0.39, 0.29) is 75.7 Å². The van der Waals surface area contributed by atoms with Crippen LogP contribution in [0, 0.1) is 23.2 Å². The third-order valence-electron chi connectivity index (χ3n) is 11.3. The van der Waals surface area contributed by atoms with E-state index in [1.165, 1.54) is 49.8 Å². The largest absolute Gasteiger partial charge is 0.493 e. The molecule has 1 heterocycles. The maximum absolute atomic E-state index is 14.5. The summed E-state index contributed by atoms with van der Waals surface area (Å²) in [6, 6.07) is 10.7. The molecule has 12 nitrogen and oxygen atoms in total. The van der Waals surface area contributed by atoms with Gasteiger partial charge in [0.2, 0.25) is 11.8 Å². The van der Waals surface area contributed by atoms with Crippen LogP contribution in [0.1, 0.15) is 147 Å². The van der Waals surface area contributed by atoms with Gasteiger partial charge in [0.05, 0.1) is 18.7 Å². The number of nitrogens with two attached hydrogens (primary N) is 2. The number of hydrogen-bond donors (Lipinski definition) is 3. The van der Waals surface area contributed by atoms with E-state index >= 15 is 0 Å². The number of hydrogen-bond acceptors (Lipinski definition) is 10. The number of carbonyl (C=O) groups is 5. The maximum Gasteiger partial charge on any atom is 0.226 e. The summed E-state index contributed by atoms with van der Waals surface area (Å²) in [6.45, 7) is 6.71. The molecule has 4 atom stereocenters. The quantitative estimate of drug-likeness (QED) is 0.0790. The first kappa shape index (κ1) is 49.8. The first-order chi connectivity index (χ1) is 29.0. The van der Waals surface area contributed by atoms with Crippen LogP contribution in [0.2, 0.25) is 0 Å². The molecule has 2 amide bonds. The van der Waals surface area contributed by atoms with Gasteiger partial charge in [-0.05, 0) is 68.1 Å². The lowest BCUT2D eigenvalue weighted by Crippen LogP contribution is -2.46. The average molecular weight is 830 g/mol. The van der Waals surface area contributed by atoms with E-state index in [0.717, 1.165) is 31.2 Å². The van der Waals surface area contributed by atoms with Crippen molar-refractivity contribution in [3.05, 3.63) is 47.5 Å². The van der Waals surface area contributed by atoms with Gasteiger partial charge < -0.3 is 31.2 Å². The summed E-state index contributed by atoms with van der Waals surface area (Å²) in [4.78, 5) is 70.8. The number of fused-ring (bicyclic) bond motifs is 5. The van der Waals surface area contributed by atoms with Gasteiger partial charge >= 0.3 is 0 Å². The Balaban J connectivity index is 1.96. The molecule has 0 aliphatic carbocycles. The van der Waals surface area contributed by atoms with Crippen molar-refractivity contribution in [1.29, 1.82) is 5.26 Å². The Morgan fingerprint density at radius 3 is 2.12 bits per heavy atom. The molecule has 60 heavy (non-hydrogen) atoms. The van der Waals surface area contributed by atoms with Crippen LogP contribution >= 0.6 is 0 Å². The Morgan fingerprint density at radius 2 is 1.48 bits per heavy atom. The number of carbonyl (C=O) groups excluding carboxylic acids is 5. The highest BCUT2D eigenvalue weighted by Gasteiger charge is 2.36. The zero-order valence-corrected chi connectivity index (χ0v) is 36.7. The number of likely N-dealkylation sites (N-methyl/N-ethyl adjacent to an activating group) is 1. The summed E-state index contributed by atoms with van der Waals surface area (Å²) >= 11 is 0. The molecule has 0 fully saturated rings. The molecule has 0 saturated carbocycles. The van der Waals surface area contributed by atoms with Gasteiger partial charge in [-0.25, -0.2) is 0 Å². The van der Waals surface area contributed by atoms with E-state index in [4.69, 9.17) is 20.9 Å². The molecule has 330 valence electrons. The molecule has 1 aliphatic heterocycles. The minimum atomic E-state index is -1.13. The molecule has 2 aromatic carbocycles. The van der Waals surface area contributed by atoms with E-state index in [1.54, 1.807) is 38.2 Å². The van der Waals surface area contributed by atoms with Crippen molar-refractivity contribution in [2.75, 3.05) is 33.4 Å². The Bertz CT molecular complexity index is 1740. The number of rotatable bonds is 26. The fourth-order valence-corrected chi connectivity index (χ4v) is 7.99. The number of nitriles is 1. The average Bonchev–Trinajstić information content (AvgIpc) is 3.23. The third-order valence-corrected chi connectivity index (χ3v) is 11.3. The molecular formula is C48H71N5O7. The zero-order valence-electron chi connectivity index (χ0n) is 36.7. The number of ketones is 3. The van der Waals surface area contributed by atoms with Crippen molar-refractivity contribution in [3.8, 4) is 28.7 Å². The maximum atomic E-state index is 14.5. The van der Waals surface area contributed by atoms with Crippen LogP contribution in [0.4, 0.5) is 0 Å². The number of nitrogens with zero attached hydrogens (tertiary/aromatic N) is 2. The number of Topliss-reactive ketones (excluding diaryl/α,β-unsaturated/α-hetero) is 3. The van der Waals surface area contributed by atoms with Crippen molar-refractivity contribution < 1.29 is 33.4 Å². The van der Waals surface area contributed by atoms with Gasteiger partial charge in [-0.2, -0.15) is 5.26 Å². The van der Waals surface area contributed by atoms with Crippen molar-refractivity contribution in [1.82, 2.24) is 10.2 Å². The second-order valence-corrected chi connectivity index (χ2v) is 16.3. The Morgan fingerprint density at radius 1 is 0.850 bits per heavy atom. The lowest BCUT2D eigenvalue weighted by atomic mass is 9.88. The van der Waals surface area contributed by atoms with Crippen LogP contribution in [0.25, 0.3) is 11.1 Å². The van der Waals surface area contributed by atoms with E-state index in [9.17, 15) is 29.2 Å². The highest BCUT2D eigenvalue weighted by molar-refractivity contribution is 5.96. The first-order valence-electron chi connectivity index (χ1n) is 22.4. The van der Waals surface area contributed by atoms with Gasteiger partial charge in [0.15, 0.2) is 11.6 Å². The van der Waals surface area contributed by atoms with Crippen molar-refractivity contribution in [2.45, 2.75) is 148 Å².